The molecule has 5 rings (SSSR count). The van der Waals surface area contributed by atoms with Crippen LogP contribution in [0.25, 0.3) is 0 Å². The van der Waals surface area contributed by atoms with E-state index >= 15 is 0 Å². The number of nitrogens with zero attached hydrogens (tertiary/aromatic N) is 1. The number of anilines is 1. The topological polar surface area (TPSA) is 99.8 Å². The van der Waals surface area contributed by atoms with E-state index in [1.54, 1.807) is 11.0 Å². The summed E-state index contributed by atoms with van der Waals surface area (Å²) in [5, 5.41) is 9.12. The summed E-state index contributed by atoms with van der Waals surface area (Å²) in [6, 6.07) is 13.3. The number of benzene rings is 2. The fourth-order valence-electron chi connectivity index (χ4n) is 4.61. The second-order valence-electron chi connectivity index (χ2n) is 8.38. The maximum Gasteiger partial charge on any atom is 0.255 e. The molecule has 0 spiro atoms. The van der Waals surface area contributed by atoms with Gasteiger partial charge in [0.2, 0.25) is 11.8 Å². The largest absolute Gasteiger partial charge is 0.381 e. The summed E-state index contributed by atoms with van der Waals surface area (Å²) < 4.78 is 5.80. The smallest absolute Gasteiger partial charge is 0.255 e. The number of amides is 3. The van der Waals surface area contributed by atoms with E-state index in [4.69, 9.17) is 4.74 Å². The van der Waals surface area contributed by atoms with Crippen molar-refractivity contribution in [3.63, 3.8) is 0 Å². The lowest BCUT2D eigenvalue weighted by atomic mass is 10.0. The first kappa shape index (κ1) is 20.7. The van der Waals surface area contributed by atoms with Crippen molar-refractivity contribution >= 4 is 23.4 Å². The molecule has 2 saturated heterocycles. The van der Waals surface area contributed by atoms with Crippen molar-refractivity contribution in [3.8, 4) is 0 Å². The second-order valence-corrected chi connectivity index (χ2v) is 8.38. The van der Waals surface area contributed by atoms with Gasteiger partial charge in [-0.05, 0) is 41.3 Å². The van der Waals surface area contributed by atoms with Gasteiger partial charge in [0.05, 0.1) is 12.7 Å². The van der Waals surface area contributed by atoms with E-state index in [0.29, 0.717) is 25.1 Å². The van der Waals surface area contributed by atoms with Gasteiger partial charge in [0.25, 0.3) is 5.91 Å². The van der Waals surface area contributed by atoms with Crippen molar-refractivity contribution in [2.24, 2.45) is 0 Å². The third kappa shape index (κ3) is 3.99. The predicted octanol–water partition coefficient (Wildman–Crippen LogP) is 1.72. The molecule has 0 aliphatic carbocycles. The Morgan fingerprint density at radius 3 is 2.69 bits per heavy atom. The van der Waals surface area contributed by atoms with Crippen molar-refractivity contribution in [2.45, 2.75) is 38.1 Å². The van der Waals surface area contributed by atoms with Crippen LogP contribution in [0.1, 0.15) is 46.0 Å². The van der Waals surface area contributed by atoms with Crippen molar-refractivity contribution in [1.82, 2.24) is 15.5 Å². The maximum absolute atomic E-state index is 13.0. The molecule has 2 atom stereocenters. The van der Waals surface area contributed by atoms with E-state index in [0.717, 1.165) is 42.1 Å². The number of hydrogen-bond donors (Lipinski definition) is 3. The molecule has 32 heavy (non-hydrogen) atoms. The maximum atomic E-state index is 13.0. The lowest BCUT2D eigenvalue weighted by Gasteiger charge is -2.29. The molecule has 0 aromatic heterocycles. The summed E-state index contributed by atoms with van der Waals surface area (Å²) in [6.45, 7) is 3.38. The van der Waals surface area contributed by atoms with Crippen LogP contribution in [-0.4, -0.2) is 48.4 Å². The molecule has 3 N–H and O–H groups in total. The van der Waals surface area contributed by atoms with Crippen molar-refractivity contribution in [3.05, 3.63) is 64.7 Å². The van der Waals surface area contributed by atoms with Crippen LogP contribution in [0.5, 0.6) is 0 Å². The van der Waals surface area contributed by atoms with Gasteiger partial charge in [0, 0.05) is 43.9 Å². The van der Waals surface area contributed by atoms with Gasteiger partial charge in [-0.15, -0.1) is 0 Å². The van der Waals surface area contributed by atoms with Crippen LogP contribution < -0.4 is 16.0 Å². The highest BCUT2D eigenvalue weighted by Crippen LogP contribution is 2.30. The highest BCUT2D eigenvalue weighted by atomic mass is 16.5. The summed E-state index contributed by atoms with van der Waals surface area (Å²) in [4.78, 5) is 38.3. The Hall–Kier alpha value is -3.23. The molecular weight excluding hydrogens is 408 g/mol. The zero-order valence-electron chi connectivity index (χ0n) is 17.7. The van der Waals surface area contributed by atoms with Crippen molar-refractivity contribution < 1.29 is 19.1 Å². The van der Waals surface area contributed by atoms with Gasteiger partial charge in [-0.25, -0.2) is 0 Å². The fourth-order valence-corrected chi connectivity index (χ4v) is 4.61. The SMILES string of the molecule is O=C1CCC(N2Cc3c(CNc4ccc(C5CNCCO5)cc4)cccc3C2=O)C(=O)N1. The van der Waals surface area contributed by atoms with E-state index in [9.17, 15) is 14.4 Å². The highest BCUT2D eigenvalue weighted by Gasteiger charge is 2.39. The first-order valence-corrected chi connectivity index (χ1v) is 11.0. The van der Waals surface area contributed by atoms with Crippen LogP contribution in [0, 0.1) is 0 Å². The minimum Gasteiger partial charge on any atom is -0.381 e. The minimum absolute atomic E-state index is 0.0828. The van der Waals surface area contributed by atoms with E-state index < -0.39 is 6.04 Å². The zero-order chi connectivity index (χ0) is 22.1. The van der Waals surface area contributed by atoms with Gasteiger partial charge in [0.1, 0.15) is 6.04 Å². The molecule has 8 heteroatoms. The van der Waals surface area contributed by atoms with Crippen LogP contribution in [0.2, 0.25) is 0 Å². The molecular formula is C24H26N4O4. The normalized spacial score (nSPS) is 23.1. The molecule has 3 aliphatic heterocycles. The van der Waals surface area contributed by atoms with Gasteiger partial charge < -0.3 is 20.3 Å². The minimum atomic E-state index is -0.600. The molecule has 2 fully saturated rings. The molecule has 166 valence electrons. The molecule has 3 aliphatic rings. The Bertz CT molecular complexity index is 1050. The number of ether oxygens (including phenoxy) is 1. The number of nitrogens with one attached hydrogen (secondary N) is 3. The van der Waals surface area contributed by atoms with Gasteiger partial charge in [-0.2, -0.15) is 0 Å². The van der Waals surface area contributed by atoms with Crippen molar-refractivity contribution in [1.29, 1.82) is 0 Å². The number of hydrogen-bond acceptors (Lipinski definition) is 6. The molecule has 2 aromatic carbocycles. The van der Waals surface area contributed by atoms with E-state index in [1.807, 2.05) is 24.3 Å². The predicted molar refractivity (Wildman–Crippen MR) is 118 cm³/mol. The number of fused-ring (bicyclic) bond motifs is 1. The van der Waals surface area contributed by atoms with E-state index in [2.05, 4.69) is 28.1 Å². The van der Waals surface area contributed by atoms with Crippen LogP contribution in [-0.2, 0) is 27.4 Å². The first-order valence-electron chi connectivity index (χ1n) is 11.0. The standard InChI is InChI=1S/C24H26N4O4/c29-22-9-8-20(23(30)27-22)28-14-19-16(2-1-3-18(19)24(28)31)12-26-17-6-4-15(5-7-17)21-13-25-10-11-32-21/h1-7,20-21,25-26H,8-14H2,(H,27,29,30). The number of piperidine rings is 1. The average molecular weight is 434 g/mol. The third-order valence-electron chi connectivity index (χ3n) is 6.37. The number of rotatable bonds is 5. The summed E-state index contributed by atoms with van der Waals surface area (Å²) in [6.07, 6.45) is 0.701. The Labute approximate surface area is 186 Å². The molecule has 2 unspecified atom stereocenters. The lowest BCUT2D eigenvalue weighted by Crippen LogP contribution is -2.52. The molecule has 0 radical (unpaired) electrons. The van der Waals surface area contributed by atoms with E-state index in [-0.39, 0.29) is 30.2 Å². The van der Waals surface area contributed by atoms with Gasteiger partial charge in [-0.3, -0.25) is 19.7 Å². The number of carbonyl (C=O) groups excluding carboxylic acids is 3. The molecule has 3 heterocycles. The van der Waals surface area contributed by atoms with Gasteiger partial charge in [-0.1, -0.05) is 24.3 Å². The summed E-state index contributed by atoms with van der Waals surface area (Å²) >= 11 is 0. The lowest BCUT2D eigenvalue weighted by molar-refractivity contribution is -0.136. The van der Waals surface area contributed by atoms with Crippen LogP contribution in [0.15, 0.2) is 42.5 Å². The Balaban J connectivity index is 1.27. The molecule has 8 nitrogen and oxygen atoms in total. The monoisotopic (exact) mass is 434 g/mol. The highest BCUT2D eigenvalue weighted by molar-refractivity contribution is 6.05. The Morgan fingerprint density at radius 1 is 1.09 bits per heavy atom. The van der Waals surface area contributed by atoms with E-state index in [1.165, 1.54) is 0 Å². The molecule has 0 bridgehead atoms. The number of morpholine rings is 1. The number of carbonyl (C=O) groups is 3. The van der Waals surface area contributed by atoms with Crippen LogP contribution >= 0.6 is 0 Å². The average Bonchev–Trinajstić information content (AvgIpc) is 3.15. The molecule has 3 amide bonds. The van der Waals surface area contributed by atoms with Crippen LogP contribution in [0.3, 0.4) is 0 Å². The second kappa shape index (κ2) is 8.72. The zero-order valence-corrected chi connectivity index (χ0v) is 17.7. The number of imide groups is 1. The quantitative estimate of drug-likeness (QED) is 0.620. The summed E-state index contributed by atoms with van der Waals surface area (Å²) in [5.74, 6) is -0.821. The van der Waals surface area contributed by atoms with Crippen LogP contribution in [0.4, 0.5) is 5.69 Å². The first-order chi connectivity index (χ1) is 15.6. The molecule has 2 aromatic rings. The summed E-state index contributed by atoms with van der Waals surface area (Å²) in [7, 11) is 0. The molecule has 0 saturated carbocycles. The van der Waals surface area contributed by atoms with Gasteiger partial charge >= 0.3 is 0 Å². The van der Waals surface area contributed by atoms with Crippen molar-refractivity contribution in [2.75, 3.05) is 25.0 Å². The summed E-state index contributed by atoms with van der Waals surface area (Å²) in [5.41, 5.74) is 4.73. The fraction of sp³-hybridized carbons (Fsp3) is 0.375. The third-order valence-corrected chi connectivity index (χ3v) is 6.37. The van der Waals surface area contributed by atoms with Gasteiger partial charge in [0.15, 0.2) is 0 Å². The Kier molecular flexibility index (Phi) is 5.63. The Morgan fingerprint density at radius 2 is 1.94 bits per heavy atom.